The zero-order valence-electron chi connectivity index (χ0n) is 15.7. The maximum Gasteiger partial charge on any atom is 0.252 e. The Balaban J connectivity index is 1.66. The highest BCUT2D eigenvalue weighted by atomic mass is 16.1. The van der Waals surface area contributed by atoms with Crippen LogP contribution < -0.4 is 10.6 Å². The van der Waals surface area contributed by atoms with Gasteiger partial charge >= 0.3 is 0 Å². The lowest BCUT2D eigenvalue weighted by atomic mass is 10.0. The van der Waals surface area contributed by atoms with Gasteiger partial charge in [-0.05, 0) is 24.3 Å². The van der Waals surface area contributed by atoms with E-state index >= 15 is 0 Å². The third kappa shape index (κ3) is 2.57. The summed E-state index contributed by atoms with van der Waals surface area (Å²) in [5.74, 6) is -0.0618. The van der Waals surface area contributed by atoms with Crippen LogP contribution in [0.3, 0.4) is 0 Å². The molecule has 0 atom stereocenters. The Kier molecular flexibility index (Phi) is 3.90. The molecule has 0 unspecified atom stereocenters. The van der Waals surface area contributed by atoms with Crippen LogP contribution in [0.5, 0.6) is 0 Å². The van der Waals surface area contributed by atoms with Gasteiger partial charge in [0.25, 0.3) is 5.91 Å². The fourth-order valence-corrected chi connectivity index (χ4v) is 4.06. The minimum absolute atomic E-state index is 0.0618. The van der Waals surface area contributed by atoms with Crippen LogP contribution in [0, 0.1) is 0 Å². The van der Waals surface area contributed by atoms with Crippen LogP contribution in [0.1, 0.15) is 12.8 Å². The summed E-state index contributed by atoms with van der Waals surface area (Å²) in [5, 5.41) is 11.0. The molecule has 1 aliphatic carbocycles. The van der Waals surface area contributed by atoms with Crippen LogP contribution in [0.25, 0.3) is 32.6 Å². The summed E-state index contributed by atoms with van der Waals surface area (Å²) in [4.78, 5) is 15.9. The molecule has 0 fully saturated rings. The second-order valence-electron chi connectivity index (χ2n) is 7.08. The number of carbonyl (C=O) groups excluding carboxylic acids is 1. The Labute approximate surface area is 162 Å². The molecule has 28 heavy (non-hydrogen) atoms. The molecule has 1 aromatic heterocycles. The Morgan fingerprint density at radius 2 is 1.64 bits per heavy atom. The second kappa shape index (κ2) is 6.57. The Hall–Kier alpha value is -3.53. The van der Waals surface area contributed by atoms with Crippen molar-refractivity contribution in [2.45, 2.75) is 12.8 Å². The van der Waals surface area contributed by atoms with E-state index < -0.39 is 0 Å². The first-order chi connectivity index (χ1) is 13.8. The van der Waals surface area contributed by atoms with Crippen molar-refractivity contribution in [2.24, 2.45) is 0 Å². The van der Waals surface area contributed by atoms with Crippen molar-refractivity contribution in [1.82, 2.24) is 10.3 Å². The highest BCUT2D eigenvalue weighted by Gasteiger charge is 2.17. The standard InChI is InChI=1S/C24H21N3O/c1-25-24(28)19-9-4-5-11-20(19)26-21-12-6-10-17-18-14-13-15-7-2-3-8-16(15)22(18)27-23(17)21/h2-3,6-14,26-27H,4-5H2,1H3,(H,25,28). The molecule has 0 radical (unpaired) electrons. The third-order valence-corrected chi connectivity index (χ3v) is 5.43. The number of rotatable bonds is 3. The van der Waals surface area contributed by atoms with Crippen LogP contribution in [0.15, 0.2) is 78.0 Å². The van der Waals surface area contributed by atoms with E-state index in [1.165, 1.54) is 21.5 Å². The summed E-state index contributed by atoms with van der Waals surface area (Å²) < 4.78 is 0. The first kappa shape index (κ1) is 16.6. The summed E-state index contributed by atoms with van der Waals surface area (Å²) in [6, 6.07) is 19.0. The minimum Gasteiger partial charge on any atom is -0.355 e. The number of hydrogen-bond donors (Lipinski definition) is 3. The van der Waals surface area contributed by atoms with Crippen molar-refractivity contribution >= 4 is 44.2 Å². The van der Waals surface area contributed by atoms with Crippen molar-refractivity contribution < 1.29 is 4.79 Å². The number of allylic oxidation sites excluding steroid dienone is 2. The number of fused-ring (bicyclic) bond motifs is 5. The number of aromatic amines is 1. The maximum absolute atomic E-state index is 12.3. The summed E-state index contributed by atoms with van der Waals surface area (Å²) in [6.45, 7) is 0. The molecule has 0 saturated carbocycles. The normalized spacial score (nSPS) is 14.2. The van der Waals surface area contributed by atoms with E-state index in [-0.39, 0.29) is 5.91 Å². The van der Waals surface area contributed by atoms with E-state index in [0.717, 1.165) is 35.3 Å². The number of likely N-dealkylation sites (N-methyl/N-ethyl adjacent to an activating group) is 1. The molecule has 0 saturated heterocycles. The van der Waals surface area contributed by atoms with E-state index in [4.69, 9.17) is 0 Å². The number of anilines is 1. The summed E-state index contributed by atoms with van der Waals surface area (Å²) >= 11 is 0. The van der Waals surface area contributed by atoms with Crippen LogP contribution in [-0.4, -0.2) is 17.9 Å². The average molecular weight is 367 g/mol. The Morgan fingerprint density at radius 1 is 0.857 bits per heavy atom. The van der Waals surface area contributed by atoms with E-state index in [9.17, 15) is 4.79 Å². The molecule has 5 rings (SSSR count). The Bertz CT molecular complexity index is 1290. The number of para-hydroxylation sites is 1. The lowest BCUT2D eigenvalue weighted by molar-refractivity contribution is -0.116. The summed E-state index contributed by atoms with van der Waals surface area (Å²) in [6.07, 6.45) is 5.91. The van der Waals surface area contributed by atoms with Gasteiger partial charge in [0, 0.05) is 28.9 Å². The van der Waals surface area contributed by atoms with Crippen molar-refractivity contribution in [3.05, 3.63) is 78.0 Å². The van der Waals surface area contributed by atoms with Crippen molar-refractivity contribution in [3.63, 3.8) is 0 Å². The van der Waals surface area contributed by atoms with Crippen LogP contribution >= 0.6 is 0 Å². The van der Waals surface area contributed by atoms with Crippen molar-refractivity contribution in [3.8, 4) is 0 Å². The van der Waals surface area contributed by atoms with Crippen LogP contribution in [-0.2, 0) is 4.79 Å². The number of nitrogens with one attached hydrogen (secondary N) is 3. The van der Waals surface area contributed by atoms with Gasteiger partial charge in [-0.1, -0.05) is 60.7 Å². The molecule has 4 heteroatoms. The van der Waals surface area contributed by atoms with E-state index in [2.05, 4.69) is 76.3 Å². The second-order valence-corrected chi connectivity index (χ2v) is 7.08. The zero-order valence-corrected chi connectivity index (χ0v) is 15.7. The maximum atomic E-state index is 12.3. The minimum atomic E-state index is -0.0618. The Morgan fingerprint density at radius 3 is 2.54 bits per heavy atom. The third-order valence-electron chi connectivity index (χ3n) is 5.43. The first-order valence-corrected chi connectivity index (χ1v) is 9.58. The highest BCUT2D eigenvalue weighted by Crippen LogP contribution is 2.35. The molecular formula is C24H21N3O. The van der Waals surface area contributed by atoms with Gasteiger partial charge in [0.05, 0.1) is 22.3 Å². The largest absolute Gasteiger partial charge is 0.355 e. The predicted octanol–water partition coefficient (Wildman–Crippen LogP) is 5.24. The molecule has 0 spiro atoms. The summed E-state index contributed by atoms with van der Waals surface area (Å²) in [5.41, 5.74) is 4.73. The molecular weight excluding hydrogens is 346 g/mol. The topological polar surface area (TPSA) is 56.9 Å². The highest BCUT2D eigenvalue weighted by molar-refractivity contribution is 6.19. The first-order valence-electron chi connectivity index (χ1n) is 9.58. The number of aromatic nitrogens is 1. The molecule has 1 amide bonds. The lowest BCUT2D eigenvalue weighted by Gasteiger charge is -2.17. The van der Waals surface area contributed by atoms with Gasteiger partial charge in [0.1, 0.15) is 0 Å². The fourth-order valence-electron chi connectivity index (χ4n) is 4.06. The number of amides is 1. The lowest BCUT2D eigenvalue weighted by Crippen LogP contribution is -2.24. The zero-order chi connectivity index (χ0) is 19.1. The van der Waals surface area contributed by atoms with E-state index in [0.29, 0.717) is 5.57 Å². The van der Waals surface area contributed by atoms with Gasteiger partial charge in [0.2, 0.25) is 0 Å². The molecule has 4 nitrogen and oxygen atoms in total. The quantitative estimate of drug-likeness (QED) is 0.464. The average Bonchev–Trinajstić information content (AvgIpc) is 3.14. The number of benzene rings is 3. The van der Waals surface area contributed by atoms with Crippen LogP contribution in [0.4, 0.5) is 5.69 Å². The number of carbonyl (C=O) groups is 1. The fraction of sp³-hybridized carbons (Fsp3) is 0.125. The molecule has 1 aliphatic rings. The predicted molar refractivity (Wildman–Crippen MR) is 116 cm³/mol. The number of hydrogen-bond acceptors (Lipinski definition) is 2. The van der Waals surface area contributed by atoms with Gasteiger partial charge in [-0.15, -0.1) is 0 Å². The molecule has 3 aromatic carbocycles. The van der Waals surface area contributed by atoms with Crippen LogP contribution in [0.2, 0.25) is 0 Å². The number of H-pyrrole nitrogens is 1. The molecule has 0 bridgehead atoms. The smallest absolute Gasteiger partial charge is 0.252 e. The van der Waals surface area contributed by atoms with Gasteiger partial charge in [-0.2, -0.15) is 0 Å². The van der Waals surface area contributed by atoms with Gasteiger partial charge in [-0.3, -0.25) is 4.79 Å². The molecule has 3 N–H and O–H groups in total. The van der Waals surface area contributed by atoms with Gasteiger partial charge in [-0.25, -0.2) is 0 Å². The van der Waals surface area contributed by atoms with Crippen molar-refractivity contribution in [1.29, 1.82) is 0 Å². The monoisotopic (exact) mass is 367 g/mol. The molecule has 138 valence electrons. The van der Waals surface area contributed by atoms with Gasteiger partial charge < -0.3 is 15.6 Å². The summed E-state index contributed by atoms with van der Waals surface area (Å²) in [7, 11) is 1.67. The molecule has 0 aliphatic heterocycles. The van der Waals surface area contributed by atoms with Crippen molar-refractivity contribution in [2.75, 3.05) is 12.4 Å². The van der Waals surface area contributed by atoms with E-state index in [1.54, 1.807) is 7.05 Å². The molecule has 1 heterocycles. The SMILES string of the molecule is CNC(=O)C1=CCCC=C1Nc1cccc2c1[nH]c1c3ccccc3ccc21. The van der Waals surface area contributed by atoms with E-state index in [1.807, 2.05) is 6.08 Å². The van der Waals surface area contributed by atoms with Gasteiger partial charge in [0.15, 0.2) is 0 Å². The molecule has 4 aromatic rings.